The van der Waals surface area contributed by atoms with Crippen molar-refractivity contribution >= 4 is 15.9 Å². The summed E-state index contributed by atoms with van der Waals surface area (Å²) in [5, 5.41) is 4.01. The lowest BCUT2D eigenvalue weighted by atomic mass is 10.0. The predicted octanol–water partition coefficient (Wildman–Crippen LogP) is 3.33. The van der Waals surface area contributed by atoms with Crippen LogP contribution in [0.2, 0.25) is 0 Å². The van der Waals surface area contributed by atoms with Gasteiger partial charge in [0.25, 0.3) is 0 Å². The zero-order chi connectivity index (χ0) is 14.0. The Hall–Kier alpha value is -1.20. The van der Waals surface area contributed by atoms with Crippen molar-refractivity contribution in [2.24, 2.45) is 11.7 Å². The lowest BCUT2D eigenvalue weighted by molar-refractivity contribution is 0.353. The highest BCUT2D eigenvalue weighted by atomic mass is 79.9. The number of benzene rings is 1. The predicted molar refractivity (Wildman–Crippen MR) is 78.7 cm³/mol. The molecule has 0 aliphatic heterocycles. The summed E-state index contributed by atoms with van der Waals surface area (Å²) in [5.74, 6) is 1.59. The van der Waals surface area contributed by atoms with Gasteiger partial charge in [-0.3, -0.25) is 0 Å². The molecule has 19 heavy (non-hydrogen) atoms. The molecule has 0 saturated heterocycles. The number of rotatable bonds is 4. The van der Waals surface area contributed by atoms with E-state index in [4.69, 9.17) is 10.3 Å². The van der Waals surface area contributed by atoms with E-state index in [0.29, 0.717) is 24.1 Å². The van der Waals surface area contributed by atoms with Crippen LogP contribution in [0.3, 0.4) is 0 Å². The smallest absolute Gasteiger partial charge is 0.228 e. The minimum Gasteiger partial charge on any atom is -0.339 e. The Labute approximate surface area is 121 Å². The van der Waals surface area contributed by atoms with Crippen molar-refractivity contribution in [2.45, 2.75) is 33.2 Å². The molecule has 0 spiro atoms. The second-order valence-electron chi connectivity index (χ2n) is 5.09. The van der Waals surface area contributed by atoms with Crippen LogP contribution in [-0.2, 0) is 6.42 Å². The molecular weight excluding hydrogens is 306 g/mol. The lowest BCUT2D eigenvalue weighted by Gasteiger charge is -2.11. The van der Waals surface area contributed by atoms with Gasteiger partial charge in [-0.1, -0.05) is 47.1 Å². The van der Waals surface area contributed by atoms with Gasteiger partial charge in [0.2, 0.25) is 11.7 Å². The second-order valence-corrected chi connectivity index (χ2v) is 5.94. The molecule has 1 atom stereocenters. The molecule has 5 heteroatoms. The number of nitrogens with two attached hydrogens (primary N) is 1. The van der Waals surface area contributed by atoms with Gasteiger partial charge in [-0.2, -0.15) is 4.98 Å². The third kappa shape index (κ3) is 3.42. The standard InChI is InChI=1S/C14H18BrN3O/c1-8(2)12(16)7-13-17-14(18-19-13)10-5-4-9(3)11(15)6-10/h4-6,8,12H,7,16H2,1-3H3. The van der Waals surface area contributed by atoms with E-state index in [1.165, 1.54) is 5.56 Å². The van der Waals surface area contributed by atoms with Crippen molar-refractivity contribution in [3.05, 3.63) is 34.1 Å². The largest absolute Gasteiger partial charge is 0.339 e. The number of halogens is 1. The summed E-state index contributed by atoms with van der Waals surface area (Å²) in [6, 6.07) is 6.04. The second kappa shape index (κ2) is 5.84. The molecule has 0 aliphatic carbocycles. The molecule has 1 aromatic carbocycles. The molecule has 0 amide bonds. The molecule has 0 radical (unpaired) electrons. The van der Waals surface area contributed by atoms with E-state index in [2.05, 4.69) is 39.9 Å². The quantitative estimate of drug-likeness (QED) is 0.937. The van der Waals surface area contributed by atoms with Crippen LogP contribution in [0.1, 0.15) is 25.3 Å². The molecule has 2 aromatic rings. The van der Waals surface area contributed by atoms with Gasteiger partial charge >= 0.3 is 0 Å². The van der Waals surface area contributed by atoms with E-state index >= 15 is 0 Å². The molecular formula is C14H18BrN3O. The summed E-state index contributed by atoms with van der Waals surface area (Å²) in [6.07, 6.45) is 0.609. The maximum absolute atomic E-state index is 6.01. The zero-order valence-corrected chi connectivity index (χ0v) is 12.9. The van der Waals surface area contributed by atoms with Gasteiger partial charge in [0.15, 0.2) is 0 Å². The lowest BCUT2D eigenvalue weighted by Crippen LogP contribution is -2.28. The summed E-state index contributed by atoms with van der Waals surface area (Å²) in [7, 11) is 0. The van der Waals surface area contributed by atoms with Gasteiger partial charge in [-0.15, -0.1) is 0 Å². The maximum Gasteiger partial charge on any atom is 0.228 e. The van der Waals surface area contributed by atoms with Gasteiger partial charge in [-0.05, 0) is 24.5 Å². The highest BCUT2D eigenvalue weighted by molar-refractivity contribution is 9.10. The van der Waals surface area contributed by atoms with E-state index in [0.717, 1.165) is 10.0 Å². The Bertz CT molecular complexity index is 566. The molecule has 2 rings (SSSR count). The van der Waals surface area contributed by atoms with Crippen LogP contribution >= 0.6 is 15.9 Å². The Morgan fingerprint density at radius 2 is 2.11 bits per heavy atom. The average Bonchev–Trinajstić information content (AvgIpc) is 2.81. The van der Waals surface area contributed by atoms with Gasteiger partial charge in [-0.25, -0.2) is 0 Å². The first-order valence-electron chi connectivity index (χ1n) is 6.32. The molecule has 0 fully saturated rings. The topological polar surface area (TPSA) is 64.9 Å². The molecule has 0 saturated carbocycles. The van der Waals surface area contributed by atoms with Crippen LogP contribution in [0.4, 0.5) is 0 Å². The molecule has 0 bridgehead atoms. The van der Waals surface area contributed by atoms with E-state index in [1.807, 2.05) is 25.1 Å². The van der Waals surface area contributed by atoms with Gasteiger partial charge in [0, 0.05) is 22.5 Å². The highest BCUT2D eigenvalue weighted by Gasteiger charge is 2.15. The molecule has 1 unspecified atom stereocenters. The molecule has 1 aromatic heterocycles. The minimum atomic E-state index is 0.0399. The van der Waals surface area contributed by atoms with Crippen molar-refractivity contribution < 1.29 is 4.52 Å². The Kier molecular flexibility index (Phi) is 4.37. The first kappa shape index (κ1) is 14.2. The number of aromatic nitrogens is 2. The van der Waals surface area contributed by atoms with Crippen LogP contribution in [-0.4, -0.2) is 16.2 Å². The molecule has 0 aliphatic rings. The minimum absolute atomic E-state index is 0.0399. The first-order chi connectivity index (χ1) is 8.97. The van der Waals surface area contributed by atoms with Crippen molar-refractivity contribution in [3.8, 4) is 11.4 Å². The summed E-state index contributed by atoms with van der Waals surface area (Å²) >= 11 is 3.50. The molecule has 1 heterocycles. The Morgan fingerprint density at radius 3 is 2.74 bits per heavy atom. The van der Waals surface area contributed by atoms with Crippen molar-refractivity contribution in [1.29, 1.82) is 0 Å². The van der Waals surface area contributed by atoms with Gasteiger partial charge in [0.05, 0.1) is 0 Å². The van der Waals surface area contributed by atoms with E-state index in [-0.39, 0.29) is 6.04 Å². The summed E-state index contributed by atoms with van der Waals surface area (Å²) in [6.45, 7) is 6.20. The SMILES string of the molecule is Cc1ccc(-c2noc(CC(N)C(C)C)n2)cc1Br. The fourth-order valence-corrected chi connectivity index (χ4v) is 2.00. The summed E-state index contributed by atoms with van der Waals surface area (Å²) < 4.78 is 6.29. The summed E-state index contributed by atoms with van der Waals surface area (Å²) in [5.41, 5.74) is 8.12. The van der Waals surface area contributed by atoms with E-state index in [1.54, 1.807) is 0 Å². The van der Waals surface area contributed by atoms with E-state index < -0.39 is 0 Å². The Morgan fingerprint density at radius 1 is 1.37 bits per heavy atom. The molecule has 2 N–H and O–H groups in total. The molecule has 4 nitrogen and oxygen atoms in total. The monoisotopic (exact) mass is 323 g/mol. The Balaban J connectivity index is 2.18. The first-order valence-corrected chi connectivity index (χ1v) is 7.11. The van der Waals surface area contributed by atoms with Crippen LogP contribution < -0.4 is 5.73 Å². The van der Waals surface area contributed by atoms with Crippen LogP contribution in [0, 0.1) is 12.8 Å². The molecule has 102 valence electrons. The van der Waals surface area contributed by atoms with Crippen LogP contribution in [0.5, 0.6) is 0 Å². The van der Waals surface area contributed by atoms with Gasteiger partial charge < -0.3 is 10.3 Å². The van der Waals surface area contributed by atoms with Crippen molar-refractivity contribution in [3.63, 3.8) is 0 Å². The maximum atomic E-state index is 6.01. The zero-order valence-electron chi connectivity index (χ0n) is 11.4. The third-order valence-electron chi connectivity index (χ3n) is 3.16. The number of hydrogen-bond donors (Lipinski definition) is 1. The van der Waals surface area contributed by atoms with E-state index in [9.17, 15) is 0 Å². The number of aryl methyl sites for hydroxylation is 1. The number of hydrogen-bond acceptors (Lipinski definition) is 4. The van der Waals surface area contributed by atoms with Gasteiger partial charge in [0.1, 0.15) is 0 Å². The third-order valence-corrected chi connectivity index (χ3v) is 4.02. The highest BCUT2D eigenvalue weighted by Crippen LogP contribution is 2.23. The van der Waals surface area contributed by atoms with Crippen LogP contribution in [0.15, 0.2) is 27.2 Å². The summed E-state index contributed by atoms with van der Waals surface area (Å²) in [4.78, 5) is 4.40. The van der Waals surface area contributed by atoms with Crippen molar-refractivity contribution in [2.75, 3.05) is 0 Å². The fraction of sp³-hybridized carbons (Fsp3) is 0.429. The fourth-order valence-electron chi connectivity index (χ4n) is 1.62. The van der Waals surface area contributed by atoms with Crippen molar-refractivity contribution in [1.82, 2.24) is 10.1 Å². The average molecular weight is 324 g/mol. The van der Waals surface area contributed by atoms with Crippen LogP contribution in [0.25, 0.3) is 11.4 Å². The normalized spacial score (nSPS) is 12.9. The number of nitrogens with zero attached hydrogens (tertiary/aromatic N) is 2.